The Morgan fingerprint density at radius 3 is 2.30 bits per heavy atom. The molecule has 0 bridgehead atoms. The van der Waals surface area contributed by atoms with Crippen LogP contribution in [0.15, 0.2) is 115 Å². The third kappa shape index (κ3) is 9.32. The molecule has 2 aromatic heterocycles. The Hall–Kier alpha value is -6.08. The second-order valence-corrected chi connectivity index (χ2v) is 15.1. The van der Waals surface area contributed by atoms with Crippen molar-refractivity contribution in [2.24, 2.45) is 7.05 Å². The van der Waals surface area contributed by atoms with Crippen LogP contribution in [-0.4, -0.2) is 73.9 Å². The molecule has 0 radical (unpaired) electrons. The van der Waals surface area contributed by atoms with Gasteiger partial charge >= 0.3 is 23.6 Å². The number of likely N-dealkylation sites (tertiary alicyclic amines) is 2. The number of aromatic nitrogens is 2. The van der Waals surface area contributed by atoms with Crippen molar-refractivity contribution in [2.75, 3.05) is 26.2 Å². The zero-order valence-electron chi connectivity index (χ0n) is 32.1. The van der Waals surface area contributed by atoms with Crippen LogP contribution in [0, 0.1) is 0 Å². The van der Waals surface area contributed by atoms with Crippen molar-refractivity contribution in [1.82, 2.24) is 24.7 Å². The maximum atomic E-state index is 13.3. The van der Waals surface area contributed by atoms with E-state index in [-0.39, 0.29) is 30.9 Å². The number of hydrogen-bond donors (Lipinski definition) is 4. The lowest BCUT2D eigenvalue weighted by Gasteiger charge is -2.40. The van der Waals surface area contributed by atoms with E-state index in [0.717, 1.165) is 44.0 Å². The highest BCUT2D eigenvalue weighted by atomic mass is 16.4. The smallest absolute Gasteiger partial charge is 0.419 e. The van der Waals surface area contributed by atoms with E-state index >= 15 is 0 Å². The first-order chi connectivity index (χ1) is 27.6. The summed E-state index contributed by atoms with van der Waals surface area (Å²) >= 11 is 0. The van der Waals surface area contributed by atoms with E-state index in [0.29, 0.717) is 54.1 Å². The molecule has 8 rings (SSSR count). The van der Waals surface area contributed by atoms with E-state index in [9.17, 15) is 24.3 Å². The molecule has 2 aliphatic rings. The lowest BCUT2D eigenvalue weighted by Crippen LogP contribution is -2.51. The Morgan fingerprint density at radius 1 is 0.860 bits per heavy atom. The molecule has 2 saturated heterocycles. The van der Waals surface area contributed by atoms with Gasteiger partial charge in [-0.3, -0.25) is 9.55 Å². The minimum absolute atomic E-state index is 0.0311. The average molecular weight is 776 g/mol. The van der Waals surface area contributed by atoms with Crippen LogP contribution in [0.5, 0.6) is 0 Å². The molecule has 4 N–H and O–H groups in total. The number of rotatable bonds is 9. The molecular weight excluding hydrogens is 727 g/mol. The van der Waals surface area contributed by atoms with Crippen molar-refractivity contribution in [2.45, 2.75) is 68.9 Å². The van der Waals surface area contributed by atoms with Crippen molar-refractivity contribution >= 4 is 34.3 Å². The molecule has 2 fully saturated rings. The van der Waals surface area contributed by atoms with Gasteiger partial charge in [-0.2, -0.15) is 0 Å². The molecule has 13 heteroatoms. The largest absolute Gasteiger partial charge is 0.465 e. The van der Waals surface area contributed by atoms with E-state index in [4.69, 9.17) is 13.9 Å². The van der Waals surface area contributed by atoms with Gasteiger partial charge in [0.05, 0.1) is 16.6 Å². The van der Waals surface area contributed by atoms with Crippen LogP contribution < -0.4 is 16.8 Å². The van der Waals surface area contributed by atoms with Crippen molar-refractivity contribution in [3.63, 3.8) is 0 Å². The van der Waals surface area contributed by atoms with Gasteiger partial charge in [0.15, 0.2) is 11.2 Å². The fourth-order valence-electron chi connectivity index (χ4n) is 8.09. The summed E-state index contributed by atoms with van der Waals surface area (Å²) in [7, 11) is 1.72. The number of amides is 3. The molecular formula is C44H49N5O8. The van der Waals surface area contributed by atoms with Gasteiger partial charge in [-0.05, 0) is 104 Å². The van der Waals surface area contributed by atoms with E-state index in [1.54, 1.807) is 25.2 Å². The van der Waals surface area contributed by atoms with Crippen LogP contribution in [0.25, 0.3) is 22.2 Å². The Balaban J connectivity index is 0.000000208. The molecule has 2 unspecified atom stereocenters. The Kier molecular flexibility index (Phi) is 11.9. The molecule has 298 valence electrons. The summed E-state index contributed by atoms with van der Waals surface area (Å²) in [5, 5.41) is 22.7. The molecule has 0 saturated carbocycles. The third-order valence-electron chi connectivity index (χ3n) is 11.4. The lowest BCUT2D eigenvalue weighted by atomic mass is 9.83. The molecule has 13 nitrogen and oxygen atoms in total. The molecule has 4 heterocycles. The Labute approximate surface area is 329 Å². The van der Waals surface area contributed by atoms with Crippen molar-refractivity contribution in [3.8, 4) is 0 Å². The second kappa shape index (κ2) is 17.4. The predicted octanol–water partition coefficient (Wildman–Crippen LogP) is 6.74. The number of aryl methyl sites for hydroxylation is 2. The highest BCUT2D eigenvalue weighted by Gasteiger charge is 2.36. The minimum Gasteiger partial charge on any atom is -0.465 e. The number of urea groups is 1. The molecule has 4 aromatic carbocycles. The lowest BCUT2D eigenvalue weighted by molar-refractivity contribution is -0.0213. The average Bonchev–Trinajstić information content (AvgIpc) is 3.74. The number of oxazole rings is 2. The number of nitrogens with zero attached hydrogens (tertiary/aromatic N) is 3. The third-order valence-corrected chi connectivity index (χ3v) is 11.4. The van der Waals surface area contributed by atoms with Gasteiger partial charge in [-0.1, -0.05) is 72.8 Å². The van der Waals surface area contributed by atoms with Crippen molar-refractivity contribution in [3.05, 3.63) is 140 Å². The number of fused-ring (bicyclic) bond motifs is 2. The molecule has 6 aromatic rings. The van der Waals surface area contributed by atoms with Gasteiger partial charge in [0.2, 0.25) is 0 Å². The summed E-state index contributed by atoms with van der Waals surface area (Å²) in [4.78, 5) is 53.0. The summed E-state index contributed by atoms with van der Waals surface area (Å²) in [6, 6.07) is 32.1. The first-order valence-electron chi connectivity index (χ1n) is 19.6. The number of benzene rings is 4. The number of hydrogen-bond acceptors (Lipinski definition) is 7. The topological polar surface area (TPSA) is 174 Å². The summed E-state index contributed by atoms with van der Waals surface area (Å²) < 4.78 is 11.9. The summed E-state index contributed by atoms with van der Waals surface area (Å²) in [5.74, 6) is -0.576. The number of unbranched alkanes of at least 4 members (excludes halogenated alkanes) is 1. The van der Waals surface area contributed by atoms with Gasteiger partial charge in [0.25, 0.3) is 0 Å². The van der Waals surface area contributed by atoms with E-state index in [1.165, 1.54) is 26.2 Å². The van der Waals surface area contributed by atoms with Crippen LogP contribution in [0.2, 0.25) is 0 Å². The first-order valence-corrected chi connectivity index (χ1v) is 19.6. The molecule has 57 heavy (non-hydrogen) atoms. The maximum absolute atomic E-state index is 13.3. The van der Waals surface area contributed by atoms with Gasteiger partial charge < -0.3 is 34.2 Å². The number of carboxylic acid groups (broad SMARTS) is 1. The zero-order valence-corrected chi connectivity index (χ0v) is 32.1. The molecule has 3 amide bonds. The second-order valence-electron chi connectivity index (χ2n) is 15.1. The molecule has 2 atom stereocenters. The number of aromatic amines is 1. The highest BCUT2D eigenvalue weighted by Crippen LogP contribution is 2.35. The monoisotopic (exact) mass is 775 g/mol. The van der Waals surface area contributed by atoms with Gasteiger partial charge in [-0.25, -0.2) is 19.2 Å². The van der Waals surface area contributed by atoms with E-state index < -0.39 is 17.5 Å². The van der Waals surface area contributed by atoms with Crippen LogP contribution in [-0.2, 0) is 25.5 Å². The SMILES string of the molecule is Cn1c(=O)oc2cc(C3CCN(C(=O)NCCCCc4ccccc4)C(Cc4ccccc4)C3)ccc21.O=C(O)N1CCC(O)(c2ccc3[nH]c(=O)oc3c2)CC1. The Morgan fingerprint density at radius 2 is 1.58 bits per heavy atom. The molecule has 0 spiro atoms. The number of piperidine rings is 2. The fraction of sp³-hybridized carbons (Fsp3) is 0.364. The van der Waals surface area contributed by atoms with Crippen molar-refractivity contribution in [1.29, 1.82) is 0 Å². The van der Waals surface area contributed by atoms with Crippen LogP contribution in [0.1, 0.15) is 66.7 Å². The van der Waals surface area contributed by atoms with Gasteiger partial charge in [0, 0.05) is 39.3 Å². The summed E-state index contributed by atoms with van der Waals surface area (Å²) in [6.45, 7) is 1.95. The van der Waals surface area contributed by atoms with Crippen LogP contribution in [0.4, 0.5) is 9.59 Å². The normalized spacial score (nSPS) is 17.9. The Bertz CT molecular complexity index is 2410. The van der Waals surface area contributed by atoms with Crippen LogP contribution in [0.3, 0.4) is 0 Å². The van der Waals surface area contributed by atoms with E-state index in [2.05, 4.69) is 64.9 Å². The first kappa shape index (κ1) is 39.2. The number of nitrogens with one attached hydrogen (secondary N) is 2. The fourth-order valence-corrected chi connectivity index (χ4v) is 8.09. The summed E-state index contributed by atoms with van der Waals surface area (Å²) in [5.41, 5.74) is 5.69. The number of H-pyrrole nitrogens is 1. The quantitative estimate of drug-likeness (QED) is 0.117. The molecule has 0 aliphatic carbocycles. The van der Waals surface area contributed by atoms with Crippen LogP contribution >= 0.6 is 0 Å². The van der Waals surface area contributed by atoms with Gasteiger partial charge in [0.1, 0.15) is 0 Å². The minimum atomic E-state index is -1.09. The number of carbonyl (C=O) groups is 2. The highest BCUT2D eigenvalue weighted by molar-refractivity contribution is 5.76. The van der Waals surface area contributed by atoms with E-state index in [1.807, 2.05) is 29.2 Å². The number of aliphatic hydroxyl groups is 1. The zero-order chi connectivity index (χ0) is 39.9. The predicted molar refractivity (Wildman–Crippen MR) is 216 cm³/mol. The molecule has 2 aliphatic heterocycles. The maximum Gasteiger partial charge on any atom is 0.419 e. The number of carbonyl (C=O) groups excluding carboxylic acids is 1. The standard InChI is InChI=1S/C31H35N3O3.C13H14N2O5/c1-33-28-16-15-25(22-29(28)37-31(33)36)26-17-19-34(27(21-26)20-24-13-6-3-7-14-24)30(35)32-18-9-8-12-23-10-4-2-5-11-23;16-11-14-9-2-1-8(7-10(9)20-11)13(19)3-5-15(6-4-13)12(17)18/h2-7,10-11,13-16,22,26-27H,8-9,12,17-21H2,1H3,(H,32,35);1-2,7,19H,3-6H2,(H,14,16)(H,17,18). The summed E-state index contributed by atoms with van der Waals surface area (Å²) in [6.07, 6.45) is 5.29. The van der Waals surface area contributed by atoms with Gasteiger partial charge in [-0.15, -0.1) is 0 Å². The van der Waals surface area contributed by atoms with Crippen molar-refractivity contribution < 1.29 is 28.6 Å².